The van der Waals surface area contributed by atoms with Gasteiger partial charge in [-0.2, -0.15) is 0 Å². The SMILES string of the molecule is COC(=O)c1cccc(N=Cc2ccc(OCc3ccc(Br)cc3Br)cc2)c1C. The van der Waals surface area contributed by atoms with Crippen molar-refractivity contribution in [1.82, 2.24) is 0 Å². The van der Waals surface area contributed by atoms with Crippen molar-refractivity contribution in [3.8, 4) is 5.75 Å². The third-order valence-corrected chi connectivity index (χ3v) is 5.58. The number of carbonyl (C=O) groups is 1. The van der Waals surface area contributed by atoms with Gasteiger partial charge in [0.15, 0.2) is 0 Å². The number of hydrogen-bond acceptors (Lipinski definition) is 4. The van der Waals surface area contributed by atoms with E-state index in [4.69, 9.17) is 9.47 Å². The molecule has 0 saturated heterocycles. The zero-order valence-electron chi connectivity index (χ0n) is 16.0. The first-order valence-electron chi connectivity index (χ1n) is 8.86. The number of halogens is 2. The minimum Gasteiger partial charge on any atom is -0.489 e. The summed E-state index contributed by atoms with van der Waals surface area (Å²) in [4.78, 5) is 16.3. The Morgan fingerprint density at radius 2 is 1.83 bits per heavy atom. The summed E-state index contributed by atoms with van der Waals surface area (Å²) in [5.41, 5.74) is 4.04. The van der Waals surface area contributed by atoms with Crippen LogP contribution in [0.4, 0.5) is 5.69 Å². The van der Waals surface area contributed by atoms with Gasteiger partial charge < -0.3 is 9.47 Å². The van der Waals surface area contributed by atoms with E-state index in [2.05, 4.69) is 36.9 Å². The summed E-state index contributed by atoms with van der Waals surface area (Å²) in [7, 11) is 1.37. The summed E-state index contributed by atoms with van der Waals surface area (Å²) in [6, 6.07) is 19.1. The summed E-state index contributed by atoms with van der Waals surface area (Å²) in [6.07, 6.45) is 1.76. The summed E-state index contributed by atoms with van der Waals surface area (Å²) < 4.78 is 12.7. The minimum atomic E-state index is -0.363. The van der Waals surface area contributed by atoms with Crippen LogP contribution in [0.2, 0.25) is 0 Å². The number of carbonyl (C=O) groups excluding carboxylic acids is 1. The monoisotopic (exact) mass is 515 g/mol. The van der Waals surface area contributed by atoms with Crippen LogP contribution >= 0.6 is 31.9 Å². The summed E-state index contributed by atoms with van der Waals surface area (Å²) in [5, 5.41) is 0. The van der Waals surface area contributed by atoms with Crippen molar-refractivity contribution in [2.45, 2.75) is 13.5 Å². The summed E-state index contributed by atoms with van der Waals surface area (Å²) >= 11 is 6.99. The molecule has 0 atom stereocenters. The number of nitrogens with zero attached hydrogens (tertiary/aromatic N) is 1. The zero-order chi connectivity index (χ0) is 20.8. The van der Waals surface area contributed by atoms with Gasteiger partial charge >= 0.3 is 5.97 Å². The van der Waals surface area contributed by atoms with Gasteiger partial charge in [0.2, 0.25) is 0 Å². The van der Waals surface area contributed by atoms with Gasteiger partial charge in [0.1, 0.15) is 12.4 Å². The van der Waals surface area contributed by atoms with Crippen LogP contribution < -0.4 is 4.74 Å². The van der Waals surface area contributed by atoms with E-state index < -0.39 is 0 Å². The molecular formula is C23H19Br2NO3. The van der Waals surface area contributed by atoms with E-state index >= 15 is 0 Å². The van der Waals surface area contributed by atoms with E-state index in [0.29, 0.717) is 12.2 Å². The smallest absolute Gasteiger partial charge is 0.338 e. The maximum absolute atomic E-state index is 11.8. The van der Waals surface area contributed by atoms with Crippen LogP contribution in [0.5, 0.6) is 5.75 Å². The first-order valence-corrected chi connectivity index (χ1v) is 10.5. The molecular weight excluding hydrogens is 498 g/mol. The van der Waals surface area contributed by atoms with Gasteiger partial charge in [0.25, 0.3) is 0 Å². The number of benzene rings is 3. The Bertz CT molecular complexity index is 1050. The molecule has 6 heteroatoms. The lowest BCUT2D eigenvalue weighted by Crippen LogP contribution is -2.03. The standard InChI is InChI=1S/C23H19Br2NO3/c1-15-20(23(27)28-2)4-3-5-22(15)26-13-16-6-10-19(11-7-16)29-14-17-8-9-18(24)12-21(17)25/h3-13H,14H2,1-2H3. The zero-order valence-corrected chi connectivity index (χ0v) is 19.2. The van der Waals surface area contributed by atoms with Crippen LogP contribution in [0.3, 0.4) is 0 Å². The molecule has 0 unspecified atom stereocenters. The van der Waals surface area contributed by atoms with Crippen LogP contribution in [0.25, 0.3) is 0 Å². The Morgan fingerprint density at radius 1 is 1.07 bits per heavy atom. The molecule has 0 aliphatic heterocycles. The van der Waals surface area contributed by atoms with Gasteiger partial charge in [-0.05, 0) is 66.6 Å². The molecule has 148 valence electrons. The molecule has 0 fully saturated rings. The van der Waals surface area contributed by atoms with Crippen LogP contribution in [-0.4, -0.2) is 19.3 Å². The average molecular weight is 517 g/mol. The molecule has 0 radical (unpaired) electrons. The average Bonchev–Trinajstić information content (AvgIpc) is 2.72. The molecule has 0 N–H and O–H groups in total. The lowest BCUT2D eigenvalue weighted by molar-refractivity contribution is 0.0600. The number of rotatable bonds is 6. The second kappa shape index (κ2) is 9.85. The van der Waals surface area contributed by atoms with E-state index in [0.717, 1.165) is 37.1 Å². The van der Waals surface area contributed by atoms with Gasteiger partial charge in [-0.25, -0.2) is 4.79 Å². The molecule has 0 aliphatic carbocycles. The topological polar surface area (TPSA) is 47.9 Å². The Labute approximate surface area is 186 Å². The molecule has 0 saturated carbocycles. The first-order chi connectivity index (χ1) is 14.0. The Morgan fingerprint density at radius 3 is 2.52 bits per heavy atom. The van der Waals surface area contributed by atoms with Gasteiger partial charge in [-0.1, -0.05) is 44.0 Å². The first kappa shape index (κ1) is 21.3. The lowest BCUT2D eigenvalue weighted by atomic mass is 10.1. The predicted molar refractivity (Wildman–Crippen MR) is 122 cm³/mol. The Balaban J connectivity index is 1.67. The van der Waals surface area contributed by atoms with Crippen molar-refractivity contribution in [3.63, 3.8) is 0 Å². The van der Waals surface area contributed by atoms with E-state index in [1.165, 1.54) is 7.11 Å². The largest absolute Gasteiger partial charge is 0.489 e. The number of aliphatic imine (C=N–C) groups is 1. The van der Waals surface area contributed by atoms with Crippen LogP contribution in [0.15, 0.2) is 74.6 Å². The molecule has 29 heavy (non-hydrogen) atoms. The van der Waals surface area contributed by atoms with E-state index in [1.54, 1.807) is 18.3 Å². The maximum atomic E-state index is 11.8. The molecule has 3 aromatic rings. The van der Waals surface area contributed by atoms with Crippen molar-refractivity contribution in [2.24, 2.45) is 4.99 Å². The molecule has 3 aromatic carbocycles. The fraction of sp³-hybridized carbons (Fsp3) is 0.130. The fourth-order valence-corrected chi connectivity index (χ4v) is 3.85. The molecule has 0 amide bonds. The van der Waals surface area contributed by atoms with Gasteiger partial charge in [-0.15, -0.1) is 0 Å². The van der Waals surface area contributed by atoms with Crippen LogP contribution in [-0.2, 0) is 11.3 Å². The molecule has 0 aliphatic rings. The Kier molecular flexibility index (Phi) is 7.23. The van der Waals surface area contributed by atoms with Crippen LogP contribution in [0, 0.1) is 6.92 Å². The highest BCUT2D eigenvalue weighted by Crippen LogP contribution is 2.24. The van der Waals surface area contributed by atoms with E-state index in [9.17, 15) is 4.79 Å². The lowest BCUT2D eigenvalue weighted by Gasteiger charge is -2.09. The van der Waals surface area contributed by atoms with E-state index in [1.807, 2.05) is 55.5 Å². The molecule has 4 nitrogen and oxygen atoms in total. The molecule has 0 heterocycles. The summed E-state index contributed by atoms with van der Waals surface area (Å²) in [6.45, 7) is 2.33. The highest BCUT2D eigenvalue weighted by molar-refractivity contribution is 9.11. The summed E-state index contributed by atoms with van der Waals surface area (Å²) in [5.74, 6) is 0.416. The second-order valence-corrected chi connectivity index (χ2v) is 8.06. The maximum Gasteiger partial charge on any atom is 0.338 e. The predicted octanol–water partition coefficient (Wildman–Crippen LogP) is 6.64. The normalized spacial score (nSPS) is 10.9. The quantitative estimate of drug-likeness (QED) is 0.272. The van der Waals surface area contributed by atoms with Crippen LogP contribution in [0.1, 0.15) is 27.0 Å². The number of hydrogen-bond donors (Lipinski definition) is 0. The minimum absolute atomic E-state index is 0.363. The van der Waals surface area contributed by atoms with Crippen molar-refractivity contribution < 1.29 is 14.3 Å². The molecule has 0 bridgehead atoms. The highest BCUT2D eigenvalue weighted by Gasteiger charge is 2.11. The second-order valence-electron chi connectivity index (χ2n) is 6.29. The number of esters is 1. The van der Waals surface area contributed by atoms with Gasteiger partial charge in [0, 0.05) is 20.7 Å². The van der Waals surface area contributed by atoms with Crippen molar-refractivity contribution >= 4 is 49.7 Å². The number of methoxy groups -OCH3 is 1. The van der Waals surface area contributed by atoms with Gasteiger partial charge in [0.05, 0.1) is 18.4 Å². The van der Waals surface area contributed by atoms with Crippen molar-refractivity contribution in [3.05, 3.63) is 91.9 Å². The molecule has 0 spiro atoms. The number of ether oxygens (including phenoxy) is 2. The Hall–Kier alpha value is -2.44. The fourth-order valence-electron chi connectivity index (χ4n) is 2.69. The van der Waals surface area contributed by atoms with E-state index in [-0.39, 0.29) is 5.97 Å². The van der Waals surface area contributed by atoms with Crippen molar-refractivity contribution in [2.75, 3.05) is 7.11 Å². The highest BCUT2D eigenvalue weighted by atomic mass is 79.9. The molecule has 0 aromatic heterocycles. The van der Waals surface area contributed by atoms with Gasteiger partial charge in [-0.3, -0.25) is 4.99 Å². The third kappa shape index (κ3) is 5.55. The third-order valence-electron chi connectivity index (χ3n) is 4.35. The van der Waals surface area contributed by atoms with Crippen molar-refractivity contribution in [1.29, 1.82) is 0 Å². The molecule has 3 rings (SSSR count).